The highest BCUT2D eigenvalue weighted by molar-refractivity contribution is 5.87. The molecule has 0 bridgehead atoms. The highest BCUT2D eigenvalue weighted by atomic mass is 16.3. The molecule has 0 aliphatic carbocycles. The Morgan fingerprint density at radius 1 is 1.46 bits per heavy atom. The molecule has 1 aromatic heterocycles. The van der Waals surface area contributed by atoms with Crippen molar-refractivity contribution in [3.05, 3.63) is 29.5 Å². The fourth-order valence-corrected chi connectivity index (χ4v) is 1.47. The molecule has 0 atom stereocenters. The van der Waals surface area contributed by atoms with Crippen molar-refractivity contribution in [3.63, 3.8) is 0 Å². The van der Waals surface area contributed by atoms with Crippen LogP contribution in [0.3, 0.4) is 0 Å². The van der Waals surface area contributed by atoms with Crippen molar-refractivity contribution in [2.75, 3.05) is 0 Å². The predicted octanol–water partition coefficient (Wildman–Crippen LogP) is 1.64. The fraction of sp³-hybridized carbons (Fsp3) is 0.200. The van der Waals surface area contributed by atoms with Crippen LogP contribution in [0.25, 0.3) is 10.9 Å². The van der Waals surface area contributed by atoms with Crippen LogP contribution in [0.2, 0.25) is 0 Å². The van der Waals surface area contributed by atoms with E-state index in [1.807, 2.05) is 25.1 Å². The molecule has 13 heavy (non-hydrogen) atoms. The van der Waals surface area contributed by atoms with Crippen molar-refractivity contribution in [1.29, 1.82) is 0 Å². The van der Waals surface area contributed by atoms with Gasteiger partial charge in [0.1, 0.15) is 5.75 Å². The number of aromatic amines is 1. The van der Waals surface area contributed by atoms with Gasteiger partial charge in [0.15, 0.2) is 0 Å². The average Bonchev–Trinajstić information content (AvgIpc) is 2.55. The van der Waals surface area contributed by atoms with Crippen molar-refractivity contribution in [2.45, 2.75) is 13.5 Å². The number of fused-ring (bicyclic) bond motifs is 1. The molecule has 0 aliphatic heterocycles. The van der Waals surface area contributed by atoms with Crippen LogP contribution in [0.5, 0.6) is 5.75 Å². The number of hydrogen-bond donors (Lipinski definition) is 3. The summed E-state index contributed by atoms with van der Waals surface area (Å²) < 4.78 is 0. The van der Waals surface area contributed by atoms with Gasteiger partial charge >= 0.3 is 0 Å². The van der Waals surface area contributed by atoms with Gasteiger partial charge in [-0.15, -0.1) is 0 Å². The van der Waals surface area contributed by atoms with Crippen LogP contribution in [0.1, 0.15) is 11.3 Å². The van der Waals surface area contributed by atoms with E-state index >= 15 is 0 Å². The number of aromatic nitrogens is 1. The third-order valence-corrected chi connectivity index (χ3v) is 2.25. The van der Waals surface area contributed by atoms with Gasteiger partial charge in [-0.05, 0) is 24.6 Å². The number of benzene rings is 1. The van der Waals surface area contributed by atoms with E-state index in [2.05, 4.69) is 4.98 Å². The van der Waals surface area contributed by atoms with Crippen molar-refractivity contribution in [3.8, 4) is 5.75 Å². The number of hydrogen-bond acceptors (Lipinski definition) is 2. The van der Waals surface area contributed by atoms with Gasteiger partial charge in [0.05, 0.1) is 0 Å². The summed E-state index contributed by atoms with van der Waals surface area (Å²) >= 11 is 0. The van der Waals surface area contributed by atoms with E-state index in [1.165, 1.54) is 0 Å². The molecule has 1 aromatic carbocycles. The summed E-state index contributed by atoms with van der Waals surface area (Å²) in [5.74, 6) is 0.341. The molecule has 68 valence electrons. The van der Waals surface area contributed by atoms with Gasteiger partial charge in [-0.3, -0.25) is 0 Å². The first-order chi connectivity index (χ1) is 6.22. The van der Waals surface area contributed by atoms with Crippen LogP contribution in [-0.2, 0) is 6.54 Å². The second kappa shape index (κ2) is 2.78. The molecule has 0 spiro atoms. The number of nitrogens with one attached hydrogen (secondary N) is 1. The monoisotopic (exact) mass is 176 g/mol. The summed E-state index contributed by atoms with van der Waals surface area (Å²) in [5, 5.41) is 10.6. The first-order valence-electron chi connectivity index (χ1n) is 4.22. The van der Waals surface area contributed by atoms with Crippen LogP contribution in [0, 0.1) is 6.92 Å². The quantitative estimate of drug-likeness (QED) is 0.618. The molecule has 0 saturated heterocycles. The highest BCUT2D eigenvalue weighted by Crippen LogP contribution is 2.28. The summed E-state index contributed by atoms with van der Waals surface area (Å²) in [6.07, 6.45) is 0. The molecule has 1 heterocycles. The minimum atomic E-state index is 0.341. The van der Waals surface area contributed by atoms with E-state index in [4.69, 9.17) is 5.73 Å². The molecule has 3 heteroatoms. The normalized spacial score (nSPS) is 10.9. The number of nitrogens with two attached hydrogens (primary N) is 1. The van der Waals surface area contributed by atoms with Gasteiger partial charge in [-0.25, -0.2) is 0 Å². The SMILES string of the molecule is Cc1ccc2[nH]c(CN)cc2c1O. The van der Waals surface area contributed by atoms with Crippen molar-refractivity contribution < 1.29 is 5.11 Å². The van der Waals surface area contributed by atoms with Crippen molar-refractivity contribution in [1.82, 2.24) is 4.98 Å². The lowest BCUT2D eigenvalue weighted by Crippen LogP contribution is -1.94. The summed E-state index contributed by atoms with van der Waals surface area (Å²) in [7, 11) is 0. The second-order valence-corrected chi connectivity index (χ2v) is 3.19. The van der Waals surface area contributed by atoms with E-state index in [9.17, 15) is 5.11 Å². The summed E-state index contributed by atoms with van der Waals surface area (Å²) in [6, 6.07) is 5.72. The maximum absolute atomic E-state index is 9.71. The van der Waals surface area contributed by atoms with Crippen LogP contribution in [0.15, 0.2) is 18.2 Å². The third-order valence-electron chi connectivity index (χ3n) is 2.25. The zero-order chi connectivity index (χ0) is 9.42. The van der Waals surface area contributed by atoms with Gasteiger partial charge in [0.25, 0.3) is 0 Å². The maximum atomic E-state index is 9.71. The highest BCUT2D eigenvalue weighted by Gasteiger charge is 2.05. The van der Waals surface area contributed by atoms with Gasteiger partial charge in [0.2, 0.25) is 0 Å². The topological polar surface area (TPSA) is 62.0 Å². The molecule has 0 unspecified atom stereocenters. The molecular formula is C10H12N2O. The Bertz CT molecular complexity index is 445. The molecule has 0 amide bonds. The molecule has 0 fully saturated rings. The van der Waals surface area contributed by atoms with E-state index in [1.54, 1.807) is 0 Å². The smallest absolute Gasteiger partial charge is 0.127 e. The number of aryl methyl sites for hydroxylation is 1. The van der Waals surface area contributed by atoms with Gasteiger partial charge in [-0.2, -0.15) is 0 Å². The van der Waals surface area contributed by atoms with E-state index in [0.29, 0.717) is 12.3 Å². The number of rotatable bonds is 1. The Morgan fingerprint density at radius 3 is 2.92 bits per heavy atom. The molecule has 2 aromatic rings. The molecule has 0 radical (unpaired) electrons. The molecule has 2 rings (SSSR count). The van der Waals surface area contributed by atoms with Crippen LogP contribution in [0.4, 0.5) is 0 Å². The zero-order valence-corrected chi connectivity index (χ0v) is 7.46. The largest absolute Gasteiger partial charge is 0.507 e. The van der Waals surface area contributed by atoms with Crippen molar-refractivity contribution >= 4 is 10.9 Å². The fourth-order valence-electron chi connectivity index (χ4n) is 1.47. The molecule has 0 saturated carbocycles. The molecular weight excluding hydrogens is 164 g/mol. The van der Waals surface area contributed by atoms with Crippen LogP contribution < -0.4 is 5.73 Å². The maximum Gasteiger partial charge on any atom is 0.127 e. The zero-order valence-electron chi connectivity index (χ0n) is 7.46. The summed E-state index contributed by atoms with van der Waals surface area (Å²) in [4.78, 5) is 3.13. The van der Waals surface area contributed by atoms with E-state index in [0.717, 1.165) is 22.2 Å². The van der Waals surface area contributed by atoms with Gasteiger partial charge < -0.3 is 15.8 Å². The summed E-state index contributed by atoms with van der Waals surface area (Å²) in [5.41, 5.74) is 8.25. The van der Waals surface area contributed by atoms with Crippen molar-refractivity contribution in [2.24, 2.45) is 5.73 Å². The first kappa shape index (κ1) is 8.13. The predicted molar refractivity (Wildman–Crippen MR) is 52.6 cm³/mol. The standard InChI is InChI=1S/C10H12N2O/c1-6-2-3-9-8(10(6)13)4-7(5-11)12-9/h2-4,12-13H,5,11H2,1H3. The molecule has 4 N–H and O–H groups in total. The van der Waals surface area contributed by atoms with Gasteiger partial charge in [-0.1, -0.05) is 6.07 Å². The third kappa shape index (κ3) is 1.17. The summed E-state index contributed by atoms with van der Waals surface area (Å²) in [6.45, 7) is 2.34. The van der Waals surface area contributed by atoms with Gasteiger partial charge in [0, 0.05) is 23.1 Å². The van der Waals surface area contributed by atoms with Crippen LogP contribution >= 0.6 is 0 Å². The minimum absolute atomic E-state index is 0.341. The lowest BCUT2D eigenvalue weighted by Gasteiger charge is -1.98. The Morgan fingerprint density at radius 2 is 2.23 bits per heavy atom. The Balaban J connectivity index is 2.76. The molecule has 3 nitrogen and oxygen atoms in total. The first-order valence-corrected chi connectivity index (χ1v) is 4.22. The Kier molecular flexibility index (Phi) is 1.74. The van der Waals surface area contributed by atoms with E-state index in [-0.39, 0.29) is 0 Å². The second-order valence-electron chi connectivity index (χ2n) is 3.19. The number of H-pyrrole nitrogens is 1. The Labute approximate surface area is 76.2 Å². The number of phenols is 1. The Hall–Kier alpha value is -1.48. The lowest BCUT2D eigenvalue weighted by atomic mass is 10.1. The van der Waals surface area contributed by atoms with Crippen LogP contribution in [-0.4, -0.2) is 10.1 Å². The molecule has 0 aliphatic rings. The minimum Gasteiger partial charge on any atom is -0.507 e. The average molecular weight is 176 g/mol. The number of aromatic hydroxyl groups is 1. The van der Waals surface area contributed by atoms with E-state index < -0.39 is 0 Å². The lowest BCUT2D eigenvalue weighted by molar-refractivity contribution is 0.477. The number of phenolic OH excluding ortho intramolecular Hbond substituents is 1.